The molecule has 1 aliphatic heterocycles. The van der Waals surface area contributed by atoms with Crippen LogP contribution in [0.3, 0.4) is 0 Å². The van der Waals surface area contributed by atoms with Crippen LogP contribution in [0.1, 0.15) is 43.7 Å². The Kier molecular flexibility index (Phi) is 3.46. The summed E-state index contributed by atoms with van der Waals surface area (Å²) in [5.74, 6) is 2.27. The molecule has 1 saturated carbocycles. The third-order valence-electron chi connectivity index (χ3n) is 4.34. The Morgan fingerprint density at radius 1 is 1.22 bits per heavy atom. The van der Waals surface area contributed by atoms with Crippen molar-refractivity contribution in [3.8, 4) is 0 Å². The standard InChI is InChI=1S/C14H21N3O/c18-9-7-11-6-8-17(10-11)14-5-4-13(15-16-14)12-2-1-3-12/h4-5,11-12,18H,1-3,6-10H2. The molecule has 0 amide bonds. The van der Waals surface area contributed by atoms with Gasteiger partial charge in [0.05, 0.1) is 5.69 Å². The summed E-state index contributed by atoms with van der Waals surface area (Å²) in [6, 6.07) is 4.26. The van der Waals surface area contributed by atoms with Crippen LogP contribution < -0.4 is 4.90 Å². The van der Waals surface area contributed by atoms with Crippen LogP contribution in [0.25, 0.3) is 0 Å². The molecule has 4 nitrogen and oxygen atoms in total. The number of aromatic nitrogens is 2. The van der Waals surface area contributed by atoms with Crippen molar-refractivity contribution in [1.82, 2.24) is 10.2 Å². The van der Waals surface area contributed by atoms with Gasteiger partial charge in [-0.15, -0.1) is 5.10 Å². The molecule has 1 atom stereocenters. The van der Waals surface area contributed by atoms with Gasteiger partial charge < -0.3 is 10.0 Å². The molecule has 4 heteroatoms. The van der Waals surface area contributed by atoms with Gasteiger partial charge in [-0.05, 0) is 43.7 Å². The highest BCUT2D eigenvalue weighted by molar-refractivity contribution is 5.39. The van der Waals surface area contributed by atoms with E-state index in [0.29, 0.717) is 18.4 Å². The molecule has 0 aromatic carbocycles. The van der Waals surface area contributed by atoms with Crippen LogP contribution in [0.2, 0.25) is 0 Å². The molecule has 1 saturated heterocycles. The van der Waals surface area contributed by atoms with E-state index < -0.39 is 0 Å². The first-order valence-corrected chi connectivity index (χ1v) is 7.06. The molecule has 1 N–H and O–H groups in total. The van der Waals surface area contributed by atoms with Gasteiger partial charge in [-0.3, -0.25) is 0 Å². The minimum atomic E-state index is 0.296. The van der Waals surface area contributed by atoms with Crippen molar-refractivity contribution in [3.05, 3.63) is 17.8 Å². The summed E-state index contributed by atoms with van der Waals surface area (Å²) < 4.78 is 0. The molecule has 1 unspecified atom stereocenters. The predicted octanol–water partition coefficient (Wildman–Crippen LogP) is 1.95. The Bertz CT molecular complexity index is 389. The summed E-state index contributed by atoms with van der Waals surface area (Å²) in [6.45, 7) is 2.35. The minimum absolute atomic E-state index is 0.296. The summed E-state index contributed by atoms with van der Waals surface area (Å²) in [7, 11) is 0. The maximum absolute atomic E-state index is 8.97. The number of hydrogen-bond acceptors (Lipinski definition) is 4. The van der Waals surface area contributed by atoms with E-state index in [1.807, 2.05) is 0 Å². The van der Waals surface area contributed by atoms with Crippen molar-refractivity contribution >= 4 is 5.82 Å². The molecule has 3 rings (SSSR count). The van der Waals surface area contributed by atoms with E-state index in [9.17, 15) is 0 Å². The van der Waals surface area contributed by atoms with Crippen LogP contribution in [0, 0.1) is 5.92 Å². The maximum Gasteiger partial charge on any atom is 0.151 e. The molecule has 1 aromatic rings. The van der Waals surface area contributed by atoms with Crippen molar-refractivity contribution in [3.63, 3.8) is 0 Å². The largest absolute Gasteiger partial charge is 0.396 e. The lowest BCUT2D eigenvalue weighted by Crippen LogP contribution is -2.22. The molecular weight excluding hydrogens is 226 g/mol. The average Bonchev–Trinajstić information content (AvgIpc) is 2.77. The quantitative estimate of drug-likeness (QED) is 0.883. The van der Waals surface area contributed by atoms with Crippen molar-refractivity contribution in [2.75, 3.05) is 24.6 Å². The average molecular weight is 247 g/mol. The lowest BCUT2D eigenvalue weighted by molar-refractivity contribution is 0.263. The molecule has 2 fully saturated rings. The monoisotopic (exact) mass is 247 g/mol. The van der Waals surface area contributed by atoms with E-state index >= 15 is 0 Å². The Morgan fingerprint density at radius 2 is 2.11 bits per heavy atom. The van der Waals surface area contributed by atoms with E-state index in [4.69, 9.17) is 5.11 Å². The normalized spacial score (nSPS) is 24.3. The highest BCUT2D eigenvalue weighted by Gasteiger charge is 2.24. The fraction of sp³-hybridized carbons (Fsp3) is 0.714. The topological polar surface area (TPSA) is 49.2 Å². The second-order valence-electron chi connectivity index (χ2n) is 5.56. The van der Waals surface area contributed by atoms with E-state index in [0.717, 1.165) is 37.4 Å². The van der Waals surface area contributed by atoms with Crippen LogP contribution in [-0.4, -0.2) is 35.0 Å². The Morgan fingerprint density at radius 3 is 2.72 bits per heavy atom. The number of hydrogen-bond donors (Lipinski definition) is 1. The molecule has 1 aromatic heterocycles. The summed E-state index contributed by atoms with van der Waals surface area (Å²) in [5.41, 5.74) is 1.16. The molecule has 2 heterocycles. The van der Waals surface area contributed by atoms with Crippen LogP contribution >= 0.6 is 0 Å². The van der Waals surface area contributed by atoms with E-state index in [1.165, 1.54) is 19.3 Å². The Balaban J connectivity index is 1.62. The van der Waals surface area contributed by atoms with Gasteiger partial charge in [-0.2, -0.15) is 5.10 Å². The van der Waals surface area contributed by atoms with Gasteiger partial charge in [0.1, 0.15) is 0 Å². The zero-order valence-electron chi connectivity index (χ0n) is 10.8. The first kappa shape index (κ1) is 11.9. The number of rotatable bonds is 4. The third kappa shape index (κ3) is 2.34. The Hall–Kier alpha value is -1.16. The van der Waals surface area contributed by atoms with Crippen molar-refractivity contribution in [2.24, 2.45) is 5.92 Å². The van der Waals surface area contributed by atoms with Gasteiger partial charge in [0.2, 0.25) is 0 Å². The first-order chi connectivity index (χ1) is 8.86. The van der Waals surface area contributed by atoms with E-state index in [2.05, 4.69) is 27.2 Å². The van der Waals surface area contributed by atoms with Gasteiger partial charge in [0.25, 0.3) is 0 Å². The van der Waals surface area contributed by atoms with Gasteiger partial charge in [0.15, 0.2) is 5.82 Å². The molecule has 0 spiro atoms. The predicted molar refractivity (Wildman–Crippen MR) is 70.6 cm³/mol. The van der Waals surface area contributed by atoms with Gasteiger partial charge in [0, 0.05) is 25.6 Å². The van der Waals surface area contributed by atoms with Crippen molar-refractivity contribution in [1.29, 1.82) is 0 Å². The number of aliphatic hydroxyl groups excluding tert-OH is 1. The molecule has 98 valence electrons. The maximum atomic E-state index is 8.97. The fourth-order valence-corrected chi connectivity index (χ4v) is 2.88. The molecule has 18 heavy (non-hydrogen) atoms. The van der Waals surface area contributed by atoms with Crippen molar-refractivity contribution in [2.45, 2.75) is 38.0 Å². The zero-order chi connectivity index (χ0) is 12.4. The third-order valence-corrected chi connectivity index (χ3v) is 4.34. The SMILES string of the molecule is OCCC1CCN(c2ccc(C3CCC3)nn2)C1. The zero-order valence-corrected chi connectivity index (χ0v) is 10.8. The number of aliphatic hydroxyl groups is 1. The lowest BCUT2D eigenvalue weighted by atomic mass is 9.83. The summed E-state index contributed by atoms with van der Waals surface area (Å²) in [5, 5.41) is 17.7. The molecule has 2 aliphatic rings. The fourth-order valence-electron chi connectivity index (χ4n) is 2.88. The molecular formula is C14H21N3O. The second-order valence-corrected chi connectivity index (χ2v) is 5.56. The van der Waals surface area contributed by atoms with Crippen LogP contribution in [0.15, 0.2) is 12.1 Å². The summed E-state index contributed by atoms with van der Waals surface area (Å²) in [4.78, 5) is 2.29. The van der Waals surface area contributed by atoms with Gasteiger partial charge >= 0.3 is 0 Å². The summed E-state index contributed by atoms with van der Waals surface area (Å²) >= 11 is 0. The number of anilines is 1. The van der Waals surface area contributed by atoms with Crippen LogP contribution in [0.5, 0.6) is 0 Å². The molecule has 0 radical (unpaired) electrons. The highest BCUT2D eigenvalue weighted by Crippen LogP contribution is 2.35. The minimum Gasteiger partial charge on any atom is -0.396 e. The second kappa shape index (κ2) is 5.22. The molecule has 0 bridgehead atoms. The lowest BCUT2D eigenvalue weighted by Gasteiger charge is -2.24. The smallest absolute Gasteiger partial charge is 0.151 e. The number of nitrogens with zero attached hydrogens (tertiary/aromatic N) is 3. The van der Waals surface area contributed by atoms with Crippen LogP contribution in [-0.2, 0) is 0 Å². The van der Waals surface area contributed by atoms with Gasteiger partial charge in [-0.25, -0.2) is 0 Å². The van der Waals surface area contributed by atoms with Crippen molar-refractivity contribution < 1.29 is 5.11 Å². The highest BCUT2D eigenvalue weighted by atomic mass is 16.3. The van der Waals surface area contributed by atoms with E-state index in [1.54, 1.807) is 0 Å². The Labute approximate surface area is 108 Å². The summed E-state index contributed by atoms with van der Waals surface area (Å²) in [6.07, 6.45) is 5.95. The first-order valence-electron chi connectivity index (χ1n) is 7.06. The van der Waals surface area contributed by atoms with E-state index in [-0.39, 0.29) is 0 Å². The van der Waals surface area contributed by atoms with Gasteiger partial charge in [-0.1, -0.05) is 6.42 Å². The molecule has 1 aliphatic carbocycles. The van der Waals surface area contributed by atoms with Crippen LogP contribution in [0.4, 0.5) is 5.82 Å².